The van der Waals surface area contributed by atoms with E-state index in [2.05, 4.69) is 10.1 Å². The lowest BCUT2D eigenvalue weighted by atomic mass is 10.00. The fourth-order valence-electron chi connectivity index (χ4n) is 3.02. The number of nitrogens with zero attached hydrogens (tertiary/aromatic N) is 1. The highest BCUT2D eigenvalue weighted by molar-refractivity contribution is 7.92. The lowest BCUT2D eigenvalue weighted by Gasteiger charge is -2.25. The first-order valence-electron chi connectivity index (χ1n) is 8.75. The van der Waals surface area contributed by atoms with Crippen molar-refractivity contribution in [2.45, 2.75) is 26.8 Å². The number of anilines is 1. The average molecular weight is 385 g/mol. The van der Waals surface area contributed by atoms with E-state index in [1.54, 1.807) is 24.1 Å². The van der Waals surface area contributed by atoms with Crippen LogP contribution < -0.4 is 10.1 Å². The molecule has 2 N–H and O–H groups in total. The predicted molar refractivity (Wildman–Crippen MR) is 107 cm³/mol. The largest absolute Gasteiger partial charge is 0.295 e. The molecule has 0 spiro atoms. The normalized spacial score (nSPS) is 16.6. The Labute approximate surface area is 159 Å². The van der Waals surface area contributed by atoms with Gasteiger partial charge in [0.1, 0.15) is 0 Å². The van der Waals surface area contributed by atoms with Crippen molar-refractivity contribution in [3.05, 3.63) is 71.3 Å². The molecular weight excluding hydrogens is 362 g/mol. The Balaban J connectivity index is 1.89. The molecule has 0 radical (unpaired) electrons. The number of carbonyl (C=O) groups excluding carboxylic acids is 1. The van der Waals surface area contributed by atoms with Crippen molar-refractivity contribution in [1.29, 1.82) is 0 Å². The number of benzene rings is 2. The molecule has 0 saturated carbocycles. The van der Waals surface area contributed by atoms with E-state index in [0.29, 0.717) is 5.69 Å². The Bertz CT molecular complexity index is 982. The van der Waals surface area contributed by atoms with E-state index in [1.165, 1.54) is 6.92 Å². The fraction of sp³-hybridized carbons (Fsp3) is 0.250. The molecule has 1 unspecified atom stereocenters. The molecule has 1 amide bonds. The van der Waals surface area contributed by atoms with E-state index < -0.39 is 10.0 Å². The van der Waals surface area contributed by atoms with Gasteiger partial charge in [-0.25, -0.2) is 13.4 Å². The van der Waals surface area contributed by atoms with Crippen LogP contribution in [-0.2, 0) is 14.8 Å². The summed E-state index contributed by atoms with van der Waals surface area (Å²) in [5, 5.41) is 1.60. The number of hydrogen-bond donors (Lipinski definition) is 2. The Morgan fingerprint density at radius 2 is 1.81 bits per heavy atom. The van der Waals surface area contributed by atoms with Crippen LogP contribution in [0.2, 0.25) is 0 Å². The van der Waals surface area contributed by atoms with E-state index >= 15 is 0 Å². The summed E-state index contributed by atoms with van der Waals surface area (Å²) in [6, 6.07) is 14.8. The van der Waals surface area contributed by atoms with Crippen molar-refractivity contribution < 1.29 is 13.2 Å². The number of nitrogens with one attached hydrogen (secondary N) is 2. The topological polar surface area (TPSA) is 78.5 Å². The zero-order valence-electron chi connectivity index (χ0n) is 15.6. The zero-order chi connectivity index (χ0) is 19.6. The third kappa shape index (κ3) is 4.14. The molecule has 27 heavy (non-hydrogen) atoms. The Morgan fingerprint density at radius 3 is 2.41 bits per heavy atom. The molecule has 1 aliphatic heterocycles. The summed E-state index contributed by atoms with van der Waals surface area (Å²) in [4.78, 5) is 12.1. The van der Waals surface area contributed by atoms with Gasteiger partial charge in [-0.1, -0.05) is 36.4 Å². The van der Waals surface area contributed by atoms with Gasteiger partial charge >= 0.3 is 0 Å². The van der Waals surface area contributed by atoms with E-state index in [9.17, 15) is 13.2 Å². The number of hydrazine groups is 1. The van der Waals surface area contributed by atoms with Gasteiger partial charge in [0.25, 0.3) is 0 Å². The first kappa shape index (κ1) is 19.0. The molecule has 6 nitrogen and oxygen atoms in total. The number of aryl methyl sites for hydroxylation is 1. The highest BCUT2D eigenvalue weighted by Gasteiger charge is 2.29. The van der Waals surface area contributed by atoms with Gasteiger partial charge in [0.2, 0.25) is 15.9 Å². The van der Waals surface area contributed by atoms with Crippen molar-refractivity contribution in [3.63, 3.8) is 0 Å². The van der Waals surface area contributed by atoms with E-state index in [0.717, 1.165) is 22.4 Å². The standard InChI is InChI=1S/C20H23N3O3S/c1-4-27(25,26)22-17-11-9-16(10-12-17)19-13-20(23(21-19)15(3)24)18-8-6-5-7-14(18)2/h5-13,20-22H,4H2,1-3H3. The maximum atomic E-state index is 12.1. The SMILES string of the molecule is CCS(=O)(=O)Nc1ccc(C2=CC(c3ccccc3C)N(C(C)=O)N2)cc1. The third-order valence-electron chi connectivity index (χ3n) is 4.54. The van der Waals surface area contributed by atoms with Crippen molar-refractivity contribution in [2.75, 3.05) is 10.5 Å². The molecule has 1 heterocycles. The number of sulfonamides is 1. The van der Waals surface area contributed by atoms with Crippen LogP contribution in [0, 0.1) is 6.92 Å². The van der Waals surface area contributed by atoms with Crippen LogP contribution in [0.4, 0.5) is 5.69 Å². The fourth-order valence-corrected chi connectivity index (χ4v) is 3.66. The maximum absolute atomic E-state index is 12.1. The molecule has 2 aromatic rings. The number of carbonyl (C=O) groups is 1. The van der Waals surface area contributed by atoms with Crippen molar-refractivity contribution >= 4 is 27.3 Å². The van der Waals surface area contributed by atoms with Crippen LogP contribution in [0.25, 0.3) is 5.70 Å². The quantitative estimate of drug-likeness (QED) is 0.828. The molecule has 0 bridgehead atoms. The Morgan fingerprint density at radius 1 is 1.15 bits per heavy atom. The monoisotopic (exact) mass is 385 g/mol. The van der Waals surface area contributed by atoms with Crippen LogP contribution >= 0.6 is 0 Å². The summed E-state index contributed by atoms with van der Waals surface area (Å²) in [6.45, 7) is 5.14. The first-order chi connectivity index (χ1) is 12.8. The van der Waals surface area contributed by atoms with E-state index in [-0.39, 0.29) is 17.7 Å². The highest BCUT2D eigenvalue weighted by atomic mass is 32.2. The first-order valence-corrected chi connectivity index (χ1v) is 10.4. The number of rotatable bonds is 5. The zero-order valence-corrected chi connectivity index (χ0v) is 16.4. The molecule has 3 rings (SSSR count). The van der Waals surface area contributed by atoms with Gasteiger partial charge in [-0.2, -0.15) is 0 Å². The predicted octanol–water partition coefficient (Wildman–Crippen LogP) is 3.21. The average Bonchev–Trinajstić information content (AvgIpc) is 3.08. The molecule has 142 valence electrons. The summed E-state index contributed by atoms with van der Waals surface area (Å²) in [7, 11) is -3.31. The maximum Gasteiger partial charge on any atom is 0.238 e. The minimum atomic E-state index is -3.31. The van der Waals surface area contributed by atoms with Crippen LogP contribution in [-0.4, -0.2) is 25.1 Å². The van der Waals surface area contributed by atoms with Gasteiger partial charge in [0.15, 0.2) is 0 Å². The highest BCUT2D eigenvalue weighted by Crippen LogP contribution is 2.33. The Kier molecular flexibility index (Phi) is 5.23. The van der Waals surface area contributed by atoms with Gasteiger partial charge in [-0.05, 0) is 48.7 Å². The summed E-state index contributed by atoms with van der Waals surface area (Å²) in [6.07, 6.45) is 2.01. The van der Waals surface area contributed by atoms with Crippen molar-refractivity contribution in [3.8, 4) is 0 Å². The second-order valence-corrected chi connectivity index (χ2v) is 8.48. The smallest absolute Gasteiger partial charge is 0.238 e. The lowest BCUT2D eigenvalue weighted by Crippen LogP contribution is -2.38. The van der Waals surface area contributed by atoms with Gasteiger partial charge in [-0.15, -0.1) is 0 Å². The van der Waals surface area contributed by atoms with Gasteiger partial charge in [0, 0.05) is 12.6 Å². The number of amides is 1. The van der Waals surface area contributed by atoms with Crippen LogP contribution in [0.1, 0.15) is 36.6 Å². The molecular formula is C20H23N3O3S. The molecule has 2 aromatic carbocycles. The molecule has 7 heteroatoms. The molecule has 0 aromatic heterocycles. The van der Waals surface area contributed by atoms with Gasteiger partial charge in [-0.3, -0.25) is 14.9 Å². The lowest BCUT2D eigenvalue weighted by molar-refractivity contribution is -0.132. The summed E-state index contributed by atoms with van der Waals surface area (Å²) in [5.41, 5.74) is 7.53. The van der Waals surface area contributed by atoms with Crippen molar-refractivity contribution in [1.82, 2.24) is 10.4 Å². The second-order valence-electron chi connectivity index (χ2n) is 6.47. The summed E-state index contributed by atoms with van der Waals surface area (Å²) < 4.78 is 25.9. The second kappa shape index (κ2) is 7.44. The molecule has 0 aliphatic carbocycles. The van der Waals surface area contributed by atoms with Crippen molar-refractivity contribution in [2.24, 2.45) is 0 Å². The minimum Gasteiger partial charge on any atom is -0.295 e. The summed E-state index contributed by atoms with van der Waals surface area (Å²) in [5.74, 6) is -0.0607. The number of hydrogen-bond acceptors (Lipinski definition) is 4. The minimum absolute atomic E-state index is 0.0210. The Hall–Kier alpha value is -2.80. The van der Waals surface area contributed by atoms with Gasteiger partial charge < -0.3 is 0 Å². The van der Waals surface area contributed by atoms with Gasteiger partial charge in [0.05, 0.1) is 17.5 Å². The van der Waals surface area contributed by atoms with Crippen LogP contribution in [0.15, 0.2) is 54.6 Å². The summed E-state index contributed by atoms with van der Waals surface area (Å²) >= 11 is 0. The molecule has 1 aliphatic rings. The van der Waals surface area contributed by atoms with Crippen LogP contribution in [0.5, 0.6) is 0 Å². The van der Waals surface area contributed by atoms with E-state index in [4.69, 9.17) is 0 Å². The molecule has 0 fully saturated rings. The third-order valence-corrected chi connectivity index (χ3v) is 5.85. The van der Waals surface area contributed by atoms with Crippen LogP contribution in [0.3, 0.4) is 0 Å². The molecule has 0 saturated heterocycles. The molecule has 1 atom stereocenters. The van der Waals surface area contributed by atoms with E-state index in [1.807, 2.05) is 49.4 Å².